The zero-order chi connectivity index (χ0) is 18.9. The molecule has 1 aliphatic rings. The Labute approximate surface area is 169 Å². The van der Waals surface area contributed by atoms with Crippen molar-refractivity contribution in [3.8, 4) is 0 Å². The summed E-state index contributed by atoms with van der Waals surface area (Å²) in [5, 5.41) is 0.414. The van der Waals surface area contributed by atoms with Crippen LogP contribution in [0.1, 0.15) is 10.4 Å². The Morgan fingerprint density at radius 2 is 1.77 bits per heavy atom. The molecule has 0 aliphatic carbocycles. The van der Waals surface area contributed by atoms with Crippen molar-refractivity contribution in [1.82, 2.24) is 14.2 Å². The molecule has 1 aliphatic heterocycles. The quantitative estimate of drug-likeness (QED) is 0.678. The molecule has 3 rings (SSSR count). The molecule has 0 atom stereocenters. The number of nitrogens with zero attached hydrogens (tertiary/aromatic N) is 3. The number of carbonyl (C=O) groups excluding carboxylic acids is 1. The van der Waals surface area contributed by atoms with Crippen LogP contribution in [0.4, 0.5) is 0 Å². The highest BCUT2D eigenvalue weighted by molar-refractivity contribution is 9.10. The third-order valence-corrected chi connectivity index (χ3v) is 7.04. The molecule has 0 saturated carbocycles. The molecule has 0 radical (unpaired) electrons. The molecule has 0 N–H and O–H groups in total. The van der Waals surface area contributed by atoms with Crippen molar-refractivity contribution in [2.45, 2.75) is 4.90 Å². The lowest BCUT2D eigenvalue weighted by atomic mass is 10.2. The van der Waals surface area contributed by atoms with Gasteiger partial charge in [0, 0.05) is 48.1 Å². The number of amides is 1. The SMILES string of the molecule is O=C(c1cncc(Br)c1)N1CCN(S(=O)(=O)c2cc(Cl)ccc2Cl)CC1. The highest BCUT2D eigenvalue weighted by atomic mass is 79.9. The number of piperazine rings is 1. The Hall–Kier alpha value is -1.19. The molecule has 26 heavy (non-hydrogen) atoms. The van der Waals surface area contributed by atoms with Crippen LogP contribution in [0, 0.1) is 0 Å². The molecular formula is C16H14BrCl2N3O3S. The summed E-state index contributed by atoms with van der Waals surface area (Å²) in [6.45, 7) is 0.919. The van der Waals surface area contributed by atoms with Crippen LogP contribution >= 0.6 is 39.1 Å². The van der Waals surface area contributed by atoms with Crippen molar-refractivity contribution in [3.05, 3.63) is 56.7 Å². The minimum Gasteiger partial charge on any atom is -0.336 e. The van der Waals surface area contributed by atoms with Gasteiger partial charge in [0.05, 0.1) is 10.6 Å². The molecule has 10 heteroatoms. The first-order valence-corrected chi connectivity index (χ1v) is 10.6. The lowest BCUT2D eigenvalue weighted by Gasteiger charge is -2.34. The van der Waals surface area contributed by atoms with Gasteiger partial charge < -0.3 is 4.90 Å². The summed E-state index contributed by atoms with van der Waals surface area (Å²) in [6.07, 6.45) is 3.08. The monoisotopic (exact) mass is 477 g/mol. The fourth-order valence-electron chi connectivity index (χ4n) is 2.66. The fraction of sp³-hybridized carbons (Fsp3) is 0.250. The Morgan fingerprint density at radius 3 is 2.42 bits per heavy atom. The van der Waals surface area contributed by atoms with Crippen LogP contribution in [0.25, 0.3) is 0 Å². The van der Waals surface area contributed by atoms with E-state index in [0.717, 1.165) is 0 Å². The fourth-order valence-corrected chi connectivity index (χ4v) is 5.18. The summed E-state index contributed by atoms with van der Waals surface area (Å²) >= 11 is 15.2. The number of hydrogen-bond acceptors (Lipinski definition) is 4. The summed E-state index contributed by atoms with van der Waals surface area (Å²) in [6, 6.07) is 6.01. The van der Waals surface area contributed by atoms with Gasteiger partial charge in [-0.2, -0.15) is 4.31 Å². The molecule has 138 valence electrons. The summed E-state index contributed by atoms with van der Waals surface area (Å²) in [4.78, 5) is 18.1. The first kappa shape index (κ1) is 19.6. The Bertz CT molecular complexity index is 948. The maximum atomic E-state index is 12.8. The molecule has 6 nitrogen and oxygen atoms in total. The van der Waals surface area contributed by atoms with E-state index in [9.17, 15) is 13.2 Å². The molecular weight excluding hydrogens is 465 g/mol. The van der Waals surface area contributed by atoms with Crippen LogP contribution in [-0.2, 0) is 10.0 Å². The number of sulfonamides is 1. The topological polar surface area (TPSA) is 70.6 Å². The van der Waals surface area contributed by atoms with Gasteiger partial charge in [0.2, 0.25) is 10.0 Å². The minimum atomic E-state index is -3.78. The van der Waals surface area contributed by atoms with E-state index in [1.54, 1.807) is 17.2 Å². The third-order valence-electron chi connectivity index (χ3n) is 3.99. The maximum Gasteiger partial charge on any atom is 0.255 e. The lowest BCUT2D eigenvalue weighted by molar-refractivity contribution is 0.0697. The number of pyridine rings is 1. The van der Waals surface area contributed by atoms with Crippen LogP contribution in [-0.4, -0.2) is 54.7 Å². The predicted molar refractivity (Wildman–Crippen MR) is 103 cm³/mol. The summed E-state index contributed by atoms with van der Waals surface area (Å²) in [7, 11) is -3.78. The second kappa shape index (κ2) is 7.82. The summed E-state index contributed by atoms with van der Waals surface area (Å²) in [5.41, 5.74) is 0.452. The van der Waals surface area contributed by atoms with Gasteiger partial charge in [-0.15, -0.1) is 0 Å². The van der Waals surface area contributed by atoms with Crippen molar-refractivity contribution in [1.29, 1.82) is 0 Å². The van der Waals surface area contributed by atoms with E-state index in [1.165, 1.54) is 28.7 Å². The standard InChI is InChI=1S/C16H14BrCl2N3O3S/c17-12-7-11(9-20-10-12)16(23)21-3-5-22(6-4-21)26(24,25)15-8-13(18)1-2-14(15)19/h1-2,7-10H,3-6H2. The predicted octanol–water partition coefficient (Wildman–Crippen LogP) is 3.30. The van der Waals surface area contributed by atoms with E-state index in [4.69, 9.17) is 23.2 Å². The molecule has 2 heterocycles. The van der Waals surface area contributed by atoms with Crippen LogP contribution < -0.4 is 0 Å². The van der Waals surface area contributed by atoms with Gasteiger partial charge in [-0.05, 0) is 40.2 Å². The van der Waals surface area contributed by atoms with Gasteiger partial charge in [-0.25, -0.2) is 8.42 Å². The van der Waals surface area contributed by atoms with E-state index in [-0.39, 0.29) is 42.0 Å². The molecule has 1 fully saturated rings. The van der Waals surface area contributed by atoms with Crippen LogP contribution in [0.2, 0.25) is 10.0 Å². The number of benzene rings is 1. The Balaban J connectivity index is 1.74. The van der Waals surface area contributed by atoms with Crippen molar-refractivity contribution >= 4 is 55.1 Å². The van der Waals surface area contributed by atoms with Gasteiger partial charge in [-0.1, -0.05) is 23.2 Å². The normalized spacial score (nSPS) is 15.9. The van der Waals surface area contributed by atoms with Crippen molar-refractivity contribution in [3.63, 3.8) is 0 Å². The van der Waals surface area contributed by atoms with Gasteiger partial charge >= 0.3 is 0 Å². The van der Waals surface area contributed by atoms with Crippen LogP contribution in [0.3, 0.4) is 0 Å². The number of hydrogen-bond donors (Lipinski definition) is 0. The zero-order valence-corrected chi connectivity index (χ0v) is 17.3. The van der Waals surface area contributed by atoms with Gasteiger partial charge in [0.15, 0.2) is 0 Å². The average Bonchev–Trinajstić information content (AvgIpc) is 2.63. The van der Waals surface area contributed by atoms with E-state index < -0.39 is 10.0 Å². The third kappa shape index (κ3) is 4.04. The Kier molecular flexibility index (Phi) is 5.88. The average molecular weight is 479 g/mol. The molecule has 1 saturated heterocycles. The molecule has 1 aromatic carbocycles. The maximum absolute atomic E-state index is 12.8. The van der Waals surface area contributed by atoms with E-state index >= 15 is 0 Å². The van der Waals surface area contributed by atoms with Gasteiger partial charge in [0.25, 0.3) is 5.91 Å². The highest BCUT2D eigenvalue weighted by Gasteiger charge is 2.32. The molecule has 0 bridgehead atoms. The number of halogens is 3. The van der Waals surface area contributed by atoms with E-state index in [0.29, 0.717) is 15.1 Å². The second-order valence-corrected chi connectivity index (χ2v) is 9.33. The molecule has 1 amide bonds. The summed E-state index contributed by atoms with van der Waals surface area (Å²) < 4.78 is 27.7. The first-order chi connectivity index (χ1) is 12.3. The largest absolute Gasteiger partial charge is 0.336 e. The molecule has 2 aromatic rings. The molecule has 0 unspecified atom stereocenters. The van der Waals surface area contributed by atoms with Gasteiger partial charge in [0.1, 0.15) is 4.90 Å². The number of carbonyl (C=O) groups is 1. The van der Waals surface area contributed by atoms with E-state index in [2.05, 4.69) is 20.9 Å². The smallest absolute Gasteiger partial charge is 0.255 e. The van der Waals surface area contributed by atoms with Crippen molar-refractivity contribution in [2.24, 2.45) is 0 Å². The van der Waals surface area contributed by atoms with Crippen molar-refractivity contribution in [2.75, 3.05) is 26.2 Å². The molecule has 1 aromatic heterocycles. The minimum absolute atomic E-state index is 0.0253. The lowest BCUT2D eigenvalue weighted by Crippen LogP contribution is -2.50. The zero-order valence-electron chi connectivity index (χ0n) is 13.4. The van der Waals surface area contributed by atoms with Gasteiger partial charge in [-0.3, -0.25) is 9.78 Å². The number of aromatic nitrogens is 1. The second-order valence-electron chi connectivity index (χ2n) is 5.66. The highest BCUT2D eigenvalue weighted by Crippen LogP contribution is 2.28. The van der Waals surface area contributed by atoms with Crippen LogP contribution in [0.5, 0.6) is 0 Å². The first-order valence-electron chi connectivity index (χ1n) is 7.64. The Morgan fingerprint density at radius 1 is 1.08 bits per heavy atom. The van der Waals surface area contributed by atoms with Crippen LogP contribution in [0.15, 0.2) is 46.0 Å². The summed E-state index contributed by atoms with van der Waals surface area (Å²) in [5.74, 6) is -0.184. The number of rotatable bonds is 3. The van der Waals surface area contributed by atoms with E-state index in [1.807, 2.05) is 0 Å². The van der Waals surface area contributed by atoms with Crippen molar-refractivity contribution < 1.29 is 13.2 Å². The molecule has 0 spiro atoms.